The number of fused-ring (bicyclic) bond motifs is 1. The fraction of sp³-hybridized carbons (Fsp3) is 0.667. The lowest BCUT2D eigenvalue weighted by atomic mass is 10.5. The Bertz CT molecular complexity index is 649. The summed E-state index contributed by atoms with van der Waals surface area (Å²) in [6.07, 6.45) is 5.30. The largest absolute Gasteiger partial charge is 0.407 e. The first-order chi connectivity index (χ1) is 12.1. The van der Waals surface area contributed by atoms with E-state index in [1.807, 2.05) is 6.20 Å². The number of hydrogen-bond acceptors (Lipinski definition) is 5. The van der Waals surface area contributed by atoms with Gasteiger partial charge in [0.1, 0.15) is 34.1 Å². The molecule has 25 heavy (non-hydrogen) atoms. The van der Waals surface area contributed by atoms with Crippen LogP contribution in [0.1, 0.15) is 41.5 Å². The molecule has 0 bridgehead atoms. The Morgan fingerprint density at radius 1 is 0.760 bits per heavy atom. The van der Waals surface area contributed by atoms with Gasteiger partial charge in [0.25, 0.3) is 0 Å². The fourth-order valence-electron chi connectivity index (χ4n) is 4.31. The first-order valence-corrected chi connectivity index (χ1v) is 14.9. The van der Waals surface area contributed by atoms with E-state index in [0.29, 0.717) is 5.65 Å². The molecular formula is C18H33N5Si2. The van der Waals surface area contributed by atoms with Gasteiger partial charge in [-0.15, -0.1) is 0 Å². The normalized spacial score (nSPS) is 12.6. The summed E-state index contributed by atoms with van der Waals surface area (Å²) in [6.45, 7) is 14.3. The lowest BCUT2D eigenvalue weighted by molar-refractivity contribution is 1.03. The van der Waals surface area contributed by atoms with Crippen molar-refractivity contribution < 1.29 is 0 Å². The molecule has 2 rings (SSSR count). The van der Waals surface area contributed by atoms with Crippen LogP contribution in [-0.2, 0) is 0 Å². The molecule has 0 N–H and O–H groups in total. The first kappa shape index (κ1) is 20.0. The molecule has 0 aromatic carbocycles. The zero-order valence-corrected chi connectivity index (χ0v) is 18.7. The molecular weight excluding hydrogens is 342 g/mol. The number of nitrogens with zero attached hydrogens (tertiary/aromatic N) is 5. The van der Waals surface area contributed by atoms with E-state index in [0.717, 1.165) is 11.3 Å². The van der Waals surface area contributed by atoms with E-state index in [1.165, 1.54) is 36.3 Å². The fourth-order valence-corrected chi connectivity index (χ4v) is 17.3. The molecule has 0 unspecified atom stereocenters. The molecule has 0 spiro atoms. The van der Waals surface area contributed by atoms with Crippen LogP contribution in [0.3, 0.4) is 0 Å². The third-order valence-corrected chi connectivity index (χ3v) is 19.4. The third kappa shape index (κ3) is 3.49. The summed E-state index contributed by atoms with van der Waals surface area (Å²) in [5.41, 5.74) is 1.50. The Balaban J connectivity index is 2.71. The summed E-state index contributed by atoms with van der Waals surface area (Å²) in [5.74, 6) is 1.08. The van der Waals surface area contributed by atoms with Gasteiger partial charge in [-0.2, -0.15) is 0 Å². The van der Waals surface area contributed by atoms with Crippen molar-refractivity contribution in [1.29, 1.82) is 0 Å². The van der Waals surface area contributed by atoms with Crippen molar-refractivity contribution in [3.8, 4) is 0 Å². The second-order valence-corrected chi connectivity index (χ2v) is 17.3. The van der Waals surface area contributed by atoms with Crippen LogP contribution in [0.25, 0.3) is 11.2 Å². The van der Waals surface area contributed by atoms with Gasteiger partial charge in [0.05, 0.1) is 12.4 Å². The van der Waals surface area contributed by atoms with Crippen LogP contribution in [0.15, 0.2) is 18.7 Å². The SMILES string of the molecule is CC[Si](CC)(CC)N(c1cnc2ncncc2n1)[Si](CC)(CC)CC. The van der Waals surface area contributed by atoms with Gasteiger partial charge in [0.2, 0.25) is 0 Å². The Morgan fingerprint density at radius 3 is 1.76 bits per heavy atom. The summed E-state index contributed by atoms with van der Waals surface area (Å²) in [4.78, 5) is 18.0. The molecule has 0 saturated carbocycles. The maximum absolute atomic E-state index is 5.00. The molecule has 0 fully saturated rings. The molecule has 2 aromatic heterocycles. The van der Waals surface area contributed by atoms with E-state index < -0.39 is 16.5 Å². The molecule has 0 saturated heterocycles. The summed E-state index contributed by atoms with van der Waals surface area (Å²) >= 11 is 0. The maximum atomic E-state index is 5.00. The lowest BCUT2D eigenvalue weighted by Gasteiger charge is -2.53. The van der Waals surface area contributed by atoms with E-state index in [2.05, 4.69) is 60.7 Å². The molecule has 0 atom stereocenters. The summed E-state index contributed by atoms with van der Waals surface area (Å²) < 4.78 is 2.87. The number of rotatable bonds is 9. The van der Waals surface area contributed by atoms with Crippen LogP contribution in [0.2, 0.25) is 36.3 Å². The summed E-state index contributed by atoms with van der Waals surface area (Å²) in [5, 5.41) is 0. The Labute approximate surface area is 154 Å². The van der Waals surface area contributed by atoms with Crippen molar-refractivity contribution in [3.05, 3.63) is 18.7 Å². The molecule has 0 aliphatic carbocycles. The van der Waals surface area contributed by atoms with E-state index in [9.17, 15) is 0 Å². The number of aromatic nitrogens is 4. The van der Waals surface area contributed by atoms with Crippen molar-refractivity contribution in [2.45, 2.75) is 77.8 Å². The van der Waals surface area contributed by atoms with Crippen LogP contribution < -0.4 is 4.23 Å². The van der Waals surface area contributed by atoms with Gasteiger partial charge >= 0.3 is 0 Å². The van der Waals surface area contributed by atoms with E-state index in [-0.39, 0.29) is 0 Å². The highest BCUT2D eigenvalue weighted by Gasteiger charge is 2.47. The molecule has 0 amide bonds. The van der Waals surface area contributed by atoms with Crippen molar-refractivity contribution >= 4 is 33.5 Å². The topological polar surface area (TPSA) is 54.8 Å². The minimum absolute atomic E-state index is 0.687. The molecule has 2 aromatic rings. The van der Waals surface area contributed by atoms with Crippen LogP contribution in [0.4, 0.5) is 5.82 Å². The zero-order chi connectivity index (χ0) is 18.5. The Hall–Kier alpha value is -1.35. The molecule has 2 heterocycles. The van der Waals surface area contributed by atoms with Gasteiger partial charge in [0, 0.05) is 0 Å². The van der Waals surface area contributed by atoms with E-state index in [1.54, 1.807) is 12.5 Å². The van der Waals surface area contributed by atoms with Crippen LogP contribution in [0, 0.1) is 0 Å². The minimum atomic E-state index is -1.62. The average Bonchev–Trinajstić information content (AvgIpc) is 2.69. The van der Waals surface area contributed by atoms with Crippen molar-refractivity contribution in [1.82, 2.24) is 19.9 Å². The molecule has 138 valence electrons. The second kappa shape index (κ2) is 8.36. The average molecular weight is 376 g/mol. The first-order valence-electron chi connectivity index (χ1n) is 9.79. The Kier molecular flexibility index (Phi) is 6.68. The standard InChI is InChI=1S/C18H33N5Si2/c1-7-24(8-2,9-3)23(25(10-4,11-5)12-6)17-14-20-18-16(22-17)13-19-15-21-18/h13-15H,7-12H2,1-6H3. The van der Waals surface area contributed by atoms with Crippen molar-refractivity contribution in [2.24, 2.45) is 0 Å². The van der Waals surface area contributed by atoms with Crippen LogP contribution in [0.5, 0.6) is 0 Å². The van der Waals surface area contributed by atoms with Gasteiger partial charge in [-0.3, -0.25) is 0 Å². The molecule has 7 heteroatoms. The highest BCUT2D eigenvalue weighted by Crippen LogP contribution is 2.39. The van der Waals surface area contributed by atoms with Gasteiger partial charge < -0.3 is 4.23 Å². The van der Waals surface area contributed by atoms with Crippen molar-refractivity contribution in [2.75, 3.05) is 4.23 Å². The quantitative estimate of drug-likeness (QED) is 0.561. The lowest BCUT2D eigenvalue weighted by Crippen LogP contribution is -2.66. The van der Waals surface area contributed by atoms with Gasteiger partial charge in [-0.05, 0) is 36.3 Å². The number of anilines is 1. The smallest absolute Gasteiger partial charge is 0.181 e. The predicted octanol–water partition coefficient (Wildman–Crippen LogP) is 5.24. The zero-order valence-electron chi connectivity index (χ0n) is 16.7. The summed E-state index contributed by atoms with van der Waals surface area (Å²) in [6, 6.07) is 7.58. The van der Waals surface area contributed by atoms with Gasteiger partial charge in [0.15, 0.2) is 5.65 Å². The molecule has 5 nitrogen and oxygen atoms in total. The monoisotopic (exact) mass is 375 g/mol. The third-order valence-electron chi connectivity index (χ3n) is 6.34. The molecule has 0 aliphatic heterocycles. The Morgan fingerprint density at radius 2 is 1.28 bits per heavy atom. The molecule has 0 radical (unpaired) electrons. The van der Waals surface area contributed by atoms with E-state index >= 15 is 0 Å². The maximum Gasteiger partial charge on any atom is 0.181 e. The summed E-state index contributed by atoms with van der Waals surface area (Å²) in [7, 11) is -3.24. The van der Waals surface area contributed by atoms with Gasteiger partial charge in [-0.1, -0.05) is 41.5 Å². The van der Waals surface area contributed by atoms with Crippen LogP contribution in [-0.4, -0.2) is 36.4 Å². The van der Waals surface area contributed by atoms with Crippen LogP contribution >= 0.6 is 0 Å². The number of hydrogen-bond donors (Lipinski definition) is 0. The van der Waals surface area contributed by atoms with E-state index in [4.69, 9.17) is 4.98 Å². The highest BCUT2D eigenvalue weighted by molar-refractivity contribution is 7.02. The molecule has 0 aliphatic rings. The second-order valence-electron chi connectivity index (χ2n) is 6.87. The highest BCUT2D eigenvalue weighted by atomic mass is 28.4. The minimum Gasteiger partial charge on any atom is -0.407 e. The van der Waals surface area contributed by atoms with Crippen molar-refractivity contribution in [3.63, 3.8) is 0 Å². The van der Waals surface area contributed by atoms with Gasteiger partial charge in [-0.25, -0.2) is 19.9 Å². The predicted molar refractivity (Wildman–Crippen MR) is 112 cm³/mol.